The van der Waals surface area contributed by atoms with E-state index in [4.69, 9.17) is 0 Å². The number of alkyl halides is 3. The topological polar surface area (TPSA) is 21.1 Å². The van der Waals surface area contributed by atoms with Crippen molar-refractivity contribution in [3.8, 4) is 5.69 Å². The lowest BCUT2D eigenvalue weighted by Gasteiger charge is -2.22. The predicted octanol–water partition coefficient (Wildman–Crippen LogP) is 4.11. The van der Waals surface area contributed by atoms with Crippen LogP contribution < -0.4 is 4.90 Å². The van der Waals surface area contributed by atoms with Crippen molar-refractivity contribution in [2.24, 2.45) is 0 Å². The maximum absolute atomic E-state index is 13.4. The molecule has 0 spiro atoms. The Balaban J connectivity index is 2.12. The Labute approximate surface area is 127 Å². The molecule has 3 rings (SSSR count). The van der Waals surface area contributed by atoms with Gasteiger partial charge >= 0.3 is 6.18 Å². The van der Waals surface area contributed by atoms with Crippen molar-refractivity contribution >= 4 is 5.82 Å². The average molecular weight is 309 g/mol. The van der Waals surface area contributed by atoms with Gasteiger partial charge in [-0.1, -0.05) is 0 Å². The van der Waals surface area contributed by atoms with E-state index in [0.717, 1.165) is 24.2 Å². The van der Waals surface area contributed by atoms with Gasteiger partial charge in [0, 0.05) is 24.5 Å². The highest BCUT2D eigenvalue weighted by Crippen LogP contribution is 2.37. The Bertz CT molecular complexity index is 663. The maximum Gasteiger partial charge on any atom is 0.420 e. The van der Waals surface area contributed by atoms with Crippen molar-refractivity contribution in [3.63, 3.8) is 0 Å². The summed E-state index contributed by atoms with van der Waals surface area (Å²) < 4.78 is 42.1. The zero-order chi connectivity index (χ0) is 15.9. The molecule has 2 aromatic rings. The van der Waals surface area contributed by atoms with Gasteiger partial charge in [0.2, 0.25) is 0 Å². The van der Waals surface area contributed by atoms with Gasteiger partial charge in [-0.15, -0.1) is 0 Å². The van der Waals surface area contributed by atoms with E-state index in [1.165, 1.54) is 12.3 Å². The quantitative estimate of drug-likeness (QED) is 0.832. The molecule has 1 saturated heterocycles. The Hall–Kier alpha value is -1.98. The van der Waals surface area contributed by atoms with Crippen molar-refractivity contribution in [2.75, 3.05) is 18.0 Å². The smallest absolute Gasteiger partial charge is 0.356 e. The summed E-state index contributed by atoms with van der Waals surface area (Å²) in [4.78, 5) is 5.87. The molecule has 22 heavy (non-hydrogen) atoms. The van der Waals surface area contributed by atoms with Crippen LogP contribution in [0.5, 0.6) is 0 Å². The van der Waals surface area contributed by atoms with Crippen molar-refractivity contribution in [1.82, 2.24) is 9.55 Å². The van der Waals surface area contributed by atoms with Gasteiger partial charge in [-0.3, -0.25) is 0 Å². The number of hydrogen-bond acceptors (Lipinski definition) is 2. The fourth-order valence-corrected chi connectivity index (χ4v) is 3.03. The minimum absolute atomic E-state index is 0.0520. The molecule has 1 fully saturated rings. The number of hydrogen-bond donors (Lipinski definition) is 0. The van der Waals surface area contributed by atoms with E-state index in [1.54, 1.807) is 9.47 Å². The van der Waals surface area contributed by atoms with Crippen LogP contribution >= 0.6 is 0 Å². The molecule has 2 aromatic heterocycles. The van der Waals surface area contributed by atoms with Crippen LogP contribution in [-0.2, 0) is 6.18 Å². The Morgan fingerprint density at radius 2 is 1.64 bits per heavy atom. The number of rotatable bonds is 2. The third kappa shape index (κ3) is 2.58. The molecule has 0 aromatic carbocycles. The Morgan fingerprint density at radius 1 is 1.05 bits per heavy atom. The summed E-state index contributed by atoms with van der Waals surface area (Å²) >= 11 is 0. The summed E-state index contributed by atoms with van der Waals surface area (Å²) in [5, 5.41) is 0. The molecule has 0 bridgehead atoms. The lowest BCUT2D eigenvalue weighted by atomic mass is 10.2. The lowest BCUT2D eigenvalue weighted by molar-refractivity contribution is -0.137. The summed E-state index contributed by atoms with van der Waals surface area (Å²) in [7, 11) is 0. The van der Waals surface area contributed by atoms with E-state index in [-0.39, 0.29) is 5.82 Å². The zero-order valence-electron chi connectivity index (χ0n) is 12.6. The highest BCUT2D eigenvalue weighted by molar-refractivity contribution is 5.54. The standard InChI is InChI=1S/C16H18F3N3/c1-11-5-6-12(2)22(11)13-9-14(16(17,18)19)15(20-10-13)21-7-3-4-8-21/h5-6,9-10H,3-4,7-8H2,1-2H3. The molecule has 118 valence electrons. The van der Waals surface area contributed by atoms with Gasteiger partial charge in [0.25, 0.3) is 0 Å². The van der Waals surface area contributed by atoms with E-state index < -0.39 is 11.7 Å². The van der Waals surface area contributed by atoms with Gasteiger partial charge < -0.3 is 9.47 Å². The van der Waals surface area contributed by atoms with Crippen LogP contribution in [-0.4, -0.2) is 22.6 Å². The number of aryl methyl sites for hydroxylation is 2. The minimum Gasteiger partial charge on any atom is -0.356 e. The highest BCUT2D eigenvalue weighted by atomic mass is 19.4. The third-order valence-corrected chi connectivity index (χ3v) is 4.09. The number of halogens is 3. The van der Waals surface area contributed by atoms with Crippen LogP contribution in [0.1, 0.15) is 29.8 Å². The molecular weight excluding hydrogens is 291 g/mol. The van der Waals surface area contributed by atoms with Crippen LogP contribution in [0.3, 0.4) is 0 Å². The van der Waals surface area contributed by atoms with Gasteiger partial charge in [0.1, 0.15) is 11.4 Å². The summed E-state index contributed by atoms with van der Waals surface area (Å²) in [5.74, 6) is 0.0520. The van der Waals surface area contributed by atoms with Gasteiger partial charge in [-0.25, -0.2) is 4.98 Å². The Kier molecular flexibility index (Phi) is 3.62. The fourth-order valence-electron chi connectivity index (χ4n) is 3.03. The van der Waals surface area contributed by atoms with Crippen molar-refractivity contribution < 1.29 is 13.2 Å². The maximum atomic E-state index is 13.4. The third-order valence-electron chi connectivity index (χ3n) is 4.09. The average Bonchev–Trinajstić information content (AvgIpc) is 3.08. The number of nitrogens with zero attached hydrogens (tertiary/aromatic N) is 3. The first-order valence-electron chi connectivity index (χ1n) is 7.35. The van der Waals surface area contributed by atoms with Gasteiger partial charge in [0.05, 0.1) is 11.9 Å². The molecule has 3 nitrogen and oxygen atoms in total. The first-order valence-corrected chi connectivity index (χ1v) is 7.35. The number of anilines is 1. The minimum atomic E-state index is -4.41. The second kappa shape index (κ2) is 5.34. The molecule has 0 atom stereocenters. The van der Waals surface area contributed by atoms with E-state index in [2.05, 4.69) is 4.98 Å². The van der Waals surface area contributed by atoms with E-state index in [1.807, 2.05) is 26.0 Å². The largest absolute Gasteiger partial charge is 0.420 e. The van der Waals surface area contributed by atoms with Gasteiger partial charge in [0.15, 0.2) is 0 Å². The normalized spacial score (nSPS) is 15.6. The van der Waals surface area contributed by atoms with Gasteiger partial charge in [-0.05, 0) is 44.9 Å². The lowest BCUT2D eigenvalue weighted by Crippen LogP contribution is -2.24. The first kappa shape index (κ1) is 14.9. The molecule has 1 aliphatic heterocycles. The molecule has 0 aliphatic carbocycles. The molecule has 3 heterocycles. The van der Waals surface area contributed by atoms with E-state index >= 15 is 0 Å². The molecule has 0 N–H and O–H groups in total. The van der Waals surface area contributed by atoms with Crippen LogP contribution in [0.15, 0.2) is 24.4 Å². The molecular formula is C16H18F3N3. The van der Waals surface area contributed by atoms with E-state index in [9.17, 15) is 13.2 Å². The van der Waals surface area contributed by atoms with Crippen LogP contribution in [0.25, 0.3) is 5.69 Å². The van der Waals surface area contributed by atoms with Crippen molar-refractivity contribution in [1.29, 1.82) is 0 Å². The first-order chi connectivity index (χ1) is 10.4. The summed E-state index contributed by atoms with van der Waals surface area (Å²) in [5.41, 5.74) is 1.58. The second-order valence-corrected chi connectivity index (χ2v) is 5.71. The fraction of sp³-hybridized carbons (Fsp3) is 0.438. The summed E-state index contributed by atoms with van der Waals surface area (Å²) in [6, 6.07) is 4.98. The number of pyridine rings is 1. The van der Waals surface area contributed by atoms with Gasteiger partial charge in [-0.2, -0.15) is 13.2 Å². The van der Waals surface area contributed by atoms with Crippen molar-refractivity contribution in [2.45, 2.75) is 32.9 Å². The Morgan fingerprint density at radius 3 is 2.18 bits per heavy atom. The molecule has 0 amide bonds. The van der Waals surface area contributed by atoms with E-state index in [0.29, 0.717) is 18.8 Å². The molecule has 0 saturated carbocycles. The highest BCUT2D eigenvalue weighted by Gasteiger charge is 2.37. The predicted molar refractivity (Wildman–Crippen MR) is 79.5 cm³/mol. The molecule has 6 heteroatoms. The number of aromatic nitrogens is 2. The summed E-state index contributed by atoms with van der Waals surface area (Å²) in [6.07, 6.45) is -1.05. The molecule has 1 aliphatic rings. The van der Waals surface area contributed by atoms with Crippen LogP contribution in [0.4, 0.5) is 19.0 Å². The SMILES string of the molecule is Cc1ccc(C)n1-c1cnc(N2CCCC2)c(C(F)(F)F)c1. The summed E-state index contributed by atoms with van der Waals surface area (Å²) in [6.45, 7) is 5.01. The monoisotopic (exact) mass is 309 g/mol. The second-order valence-electron chi connectivity index (χ2n) is 5.71. The zero-order valence-corrected chi connectivity index (χ0v) is 12.6. The molecule has 0 unspecified atom stereocenters. The van der Waals surface area contributed by atoms with Crippen LogP contribution in [0, 0.1) is 13.8 Å². The molecule has 0 radical (unpaired) electrons. The van der Waals surface area contributed by atoms with Crippen molar-refractivity contribution in [3.05, 3.63) is 41.3 Å². The van der Waals surface area contributed by atoms with Crippen LogP contribution in [0.2, 0.25) is 0 Å².